The molecule has 3 N–H and O–H groups in total. The summed E-state index contributed by atoms with van der Waals surface area (Å²) in [5.41, 5.74) is 0.688. The van der Waals surface area contributed by atoms with Gasteiger partial charge in [-0.25, -0.2) is 0 Å². The number of nitrogens with one attached hydrogen (secondary N) is 3. The van der Waals surface area contributed by atoms with Gasteiger partial charge in [0.1, 0.15) is 0 Å². The quantitative estimate of drug-likeness (QED) is 0.619. The highest BCUT2D eigenvalue weighted by Gasteiger charge is 2.25. The molecule has 0 aromatic heterocycles. The summed E-state index contributed by atoms with van der Waals surface area (Å²) in [6.45, 7) is 4.08. The summed E-state index contributed by atoms with van der Waals surface area (Å²) in [7, 11) is 0. The average molecular weight is 360 g/mol. The SMILES string of the molecule is O=C(NCCN1CCOCC1)C(=O)Nc1ccccc1C(=O)NC1CC1. The second-order valence-electron chi connectivity index (χ2n) is 6.46. The molecule has 0 atom stereocenters. The molecule has 140 valence electrons. The van der Waals surface area contributed by atoms with Crippen molar-refractivity contribution in [3.63, 3.8) is 0 Å². The van der Waals surface area contributed by atoms with E-state index in [4.69, 9.17) is 4.74 Å². The van der Waals surface area contributed by atoms with Gasteiger partial charge < -0.3 is 20.7 Å². The molecule has 26 heavy (non-hydrogen) atoms. The van der Waals surface area contributed by atoms with Crippen molar-refractivity contribution in [3.05, 3.63) is 29.8 Å². The van der Waals surface area contributed by atoms with Crippen LogP contribution in [-0.2, 0) is 14.3 Å². The Bertz CT molecular complexity index is 669. The van der Waals surface area contributed by atoms with E-state index >= 15 is 0 Å². The maximum Gasteiger partial charge on any atom is 0.313 e. The fourth-order valence-corrected chi connectivity index (χ4v) is 2.69. The predicted octanol–water partition coefficient (Wildman–Crippen LogP) is -0.0343. The molecule has 0 bridgehead atoms. The lowest BCUT2D eigenvalue weighted by atomic mass is 10.1. The van der Waals surface area contributed by atoms with Gasteiger partial charge in [0.25, 0.3) is 5.91 Å². The van der Waals surface area contributed by atoms with Gasteiger partial charge >= 0.3 is 11.8 Å². The van der Waals surface area contributed by atoms with E-state index in [1.165, 1.54) is 0 Å². The largest absolute Gasteiger partial charge is 0.379 e. The van der Waals surface area contributed by atoms with Crippen molar-refractivity contribution in [1.82, 2.24) is 15.5 Å². The molecule has 8 heteroatoms. The molecule has 1 aliphatic carbocycles. The van der Waals surface area contributed by atoms with Gasteiger partial charge in [-0.2, -0.15) is 0 Å². The topological polar surface area (TPSA) is 99.8 Å². The van der Waals surface area contributed by atoms with Gasteiger partial charge in [-0.3, -0.25) is 19.3 Å². The minimum Gasteiger partial charge on any atom is -0.379 e. The Hall–Kier alpha value is -2.45. The van der Waals surface area contributed by atoms with Gasteiger partial charge in [0.05, 0.1) is 24.5 Å². The lowest BCUT2D eigenvalue weighted by Gasteiger charge is -2.26. The number of carbonyl (C=O) groups excluding carboxylic acids is 3. The molecule has 2 fully saturated rings. The highest BCUT2D eigenvalue weighted by Crippen LogP contribution is 2.21. The molecule has 8 nitrogen and oxygen atoms in total. The maximum absolute atomic E-state index is 12.2. The molecule has 0 unspecified atom stereocenters. The van der Waals surface area contributed by atoms with Gasteiger partial charge in [-0.05, 0) is 25.0 Å². The number of hydrogen-bond donors (Lipinski definition) is 3. The van der Waals surface area contributed by atoms with E-state index in [-0.39, 0.29) is 11.9 Å². The van der Waals surface area contributed by atoms with Crippen molar-refractivity contribution in [2.45, 2.75) is 18.9 Å². The molecular weight excluding hydrogens is 336 g/mol. The first-order chi connectivity index (χ1) is 12.6. The second-order valence-corrected chi connectivity index (χ2v) is 6.46. The van der Waals surface area contributed by atoms with Gasteiger partial charge in [0.2, 0.25) is 0 Å². The minimum atomic E-state index is -0.779. The third kappa shape index (κ3) is 5.27. The zero-order chi connectivity index (χ0) is 18.4. The third-order valence-electron chi connectivity index (χ3n) is 4.36. The predicted molar refractivity (Wildman–Crippen MR) is 95.8 cm³/mol. The highest BCUT2D eigenvalue weighted by atomic mass is 16.5. The molecule has 1 saturated carbocycles. The van der Waals surface area contributed by atoms with Crippen molar-refractivity contribution < 1.29 is 19.1 Å². The zero-order valence-corrected chi connectivity index (χ0v) is 14.6. The number of ether oxygens (including phenoxy) is 1. The van der Waals surface area contributed by atoms with Crippen LogP contribution in [0, 0.1) is 0 Å². The van der Waals surface area contributed by atoms with E-state index in [9.17, 15) is 14.4 Å². The molecule has 1 aromatic rings. The number of rotatable bonds is 6. The van der Waals surface area contributed by atoms with Crippen LogP contribution in [0.4, 0.5) is 5.69 Å². The summed E-state index contributed by atoms with van der Waals surface area (Å²) >= 11 is 0. The first kappa shape index (κ1) is 18.3. The number of para-hydroxylation sites is 1. The first-order valence-electron chi connectivity index (χ1n) is 8.92. The van der Waals surface area contributed by atoms with Crippen molar-refractivity contribution in [2.75, 3.05) is 44.7 Å². The van der Waals surface area contributed by atoms with Crippen LogP contribution in [0.2, 0.25) is 0 Å². The maximum atomic E-state index is 12.2. The fourth-order valence-electron chi connectivity index (χ4n) is 2.69. The molecule has 1 saturated heterocycles. The Morgan fingerprint density at radius 2 is 1.81 bits per heavy atom. The lowest BCUT2D eigenvalue weighted by molar-refractivity contribution is -0.136. The van der Waals surface area contributed by atoms with E-state index in [2.05, 4.69) is 20.9 Å². The van der Waals surface area contributed by atoms with E-state index in [1.54, 1.807) is 24.3 Å². The third-order valence-corrected chi connectivity index (χ3v) is 4.36. The molecule has 1 heterocycles. The Balaban J connectivity index is 1.48. The highest BCUT2D eigenvalue weighted by molar-refractivity contribution is 6.40. The van der Waals surface area contributed by atoms with Crippen LogP contribution in [0.25, 0.3) is 0 Å². The summed E-state index contributed by atoms with van der Waals surface area (Å²) in [4.78, 5) is 38.5. The van der Waals surface area contributed by atoms with E-state index < -0.39 is 11.8 Å². The Morgan fingerprint density at radius 3 is 2.54 bits per heavy atom. The van der Waals surface area contributed by atoms with E-state index in [0.717, 1.165) is 25.9 Å². The van der Waals surface area contributed by atoms with Crippen LogP contribution < -0.4 is 16.0 Å². The minimum absolute atomic E-state index is 0.217. The number of hydrogen-bond acceptors (Lipinski definition) is 5. The number of anilines is 1. The smallest absolute Gasteiger partial charge is 0.313 e. The van der Waals surface area contributed by atoms with Gasteiger partial charge in [0.15, 0.2) is 0 Å². The van der Waals surface area contributed by atoms with Crippen LogP contribution in [0.15, 0.2) is 24.3 Å². The molecule has 2 aliphatic rings. The Kier molecular flexibility index (Phi) is 6.19. The summed E-state index contributed by atoms with van der Waals surface area (Å²) in [5, 5.41) is 8.01. The Labute approximate surface area is 152 Å². The van der Waals surface area contributed by atoms with Crippen molar-refractivity contribution in [2.24, 2.45) is 0 Å². The van der Waals surface area contributed by atoms with Crippen molar-refractivity contribution in [1.29, 1.82) is 0 Å². The molecule has 1 aliphatic heterocycles. The number of morpholine rings is 1. The zero-order valence-electron chi connectivity index (χ0n) is 14.6. The van der Waals surface area contributed by atoms with E-state index in [1.807, 2.05) is 0 Å². The molecular formula is C18H24N4O4. The van der Waals surface area contributed by atoms with E-state index in [0.29, 0.717) is 37.6 Å². The number of carbonyl (C=O) groups is 3. The van der Waals surface area contributed by atoms with Crippen LogP contribution in [0.1, 0.15) is 23.2 Å². The fraction of sp³-hybridized carbons (Fsp3) is 0.500. The van der Waals surface area contributed by atoms with Crippen LogP contribution in [0.3, 0.4) is 0 Å². The molecule has 0 radical (unpaired) electrons. The number of amides is 3. The van der Waals surface area contributed by atoms with Crippen LogP contribution in [0.5, 0.6) is 0 Å². The molecule has 0 spiro atoms. The van der Waals surface area contributed by atoms with Gasteiger partial charge in [-0.15, -0.1) is 0 Å². The van der Waals surface area contributed by atoms with Gasteiger partial charge in [0, 0.05) is 32.2 Å². The van der Waals surface area contributed by atoms with Crippen molar-refractivity contribution in [3.8, 4) is 0 Å². The van der Waals surface area contributed by atoms with Crippen LogP contribution >= 0.6 is 0 Å². The summed E-state index contributed by atoms with van der Waals surface area (Å²) in [6, 6.07) is 6.89. The second kappa shape index (κ2) is 8.77. The average Bonchev–Trinajstić information content (AvgIpc) is 3.47. The number of benzene rings is 1. The lowest BCUT2D eigenvalue weighted by Crippen LogP contribution is -2.43. The monoisotopic (exact) mass is 360 g/mol. The van der Waals surface area contributed by atoms with Crippen LogP contribution in [-0.4, -0.2) is 68.1 Å². The number of nitrogens with zero attached hydrogens (tertiary/aromatic N) is 1. The summed E-state index contributed by atoms with van der Waals surface area (Å²) in [6.07, 6.45) is 1.96. The normalized spacial score (nSPS) is 17.4. The summed E-state index contributed by atoms with van der Waals surface area (Å²) < 4.78 is 5.26. The molecule has 3 rings (SSSR count). The Morgan fingerprint density at radius 1 is 1.08 bits per heavy atom. The standard InChI is InChI=1S/C18H24N4O4/c23-16(20-13-5-6-13)14-3-1-2-4-15(14)21-18(25)17(24)19-7-8-22-9-11-26-12-10-22/h1-4,13H,5-12H2,(H,19,24)(H,20,23)(H,21,25). The first-order valence-corrected chi connectivity index (χ1v) is 8.92. The van der Waals surface area contributed by atoms with Gasteiger partial charge in [-0.1, -0.05) is 12.1 Å². The van der Waals surface area contributed by atoms with Crippen molar-refractivity contribution >= 4 is 23.4 Å². The summed E-state index contributed by atoms with van der Waals surface area (Å²) in [5.74, 6) is -1.73. The molecule has 1 aromatic carbocycles. The molecule has 3 amide bonds.